The van der Waals surface area contributed by atoms with E-state index in [0.717, 1.165) is 13.0 Å². The molecule has 1 aliphatic rings. The lowest BCUT2D eigenvalue weighted by atomic mass is 10.1. The molecule has 0 fully saturated rings. The maximum Gasteiger partial charge on any atom is 0.0588 e. The Morgan fingerprint density at radius 1 is 1.73 bits per heavy atom. The van der Waals surface area contributed by atoms with Crippen LogP contribution >= 0.6 is 11.3 Å². The van der Waals surface area contributed by atoms with Crippen LogP contribution in [0.15, 0.2) is 11.4 Å². The van der Waals surface area contributed by atoms with Crippen LogP contribution in [0.3, 0.4) is 0 Å². The van der Waals surface area contributed by atoms with Gasteiger partial charge in [-0.1, -0.05) is 0 Å². The van der Waals surface area contributed by atoms with E-state index in [1.807, 2.05) is 0 Å². The molecule has 3 heteroatoms. The minimum absolute atomic E-state index is 0.247. The number of hydrogen-bond acceptors (Lipinski definition) is 3. The van der Waals surface area contributed by atoms with Crippen LogP contribution in [0, 0.1) is 0 Å². The molecule has 1 aromatic rings. The molecule has 0 spiro atoms. The summed E-state index contributed by atoms with van der Waals surface area (Å²) in [7, 11) is 0. The predicted molar refractivity (Wildman–Crippen MR) is 45.7 cm³/mol. The summed E-state index contributed by atoms with van der Waals surface area (Å²) in [6.45, 7) is 1.17. The van der Waals surface area contributed by atoms with Gasteiger partial charge in [-0.15, -0.1) is 11.3 Å². The SMILES string of the molecule is OC[C@@H]1Cc2sccc2CN1. The molecule has 2 N–H and O–H groups in total. The Labute approximate surface area is 69.9 Å². The molecule has 11 heavy (non-hydrogen) atoms. The molecule has 0 bridgehead atoms. The molecular formula is C8H11NOS. The van der Waals surface area contributed by atoms with Crippen LogP contribution in [0.4, 0.5) is 0 Å². The second-order valence-electron chi connectivity index (χ2n) is 2.83. The van der Waals surface area contributed by atoms with Crippen molar-refractivity contribution in [1.82, 2.24) is 5.32 Å². The summed E-state index contributed by atoms with van der Waals surface area (Å²) >= 11 is 1.79. The number of hydrogen-bond donors (Lipinski definition) is 2. The molecule has 0 aliphatic carbocycles. The molecule has 0 unspecified atom stereocenters. The van der Waals surface area contributed by atoms with Gasteiger partial charge in [0.15, 0.2) is 0 Å². The molecular weight excluding hydrogens is 158 g/mol. The van der Waals surface area contributed by atoms with Crippen molar-refractivity contribution >= 4 is 11.3 Å². The van der Waals surface area contributed by atoms with Gasteiger partial charge in [-0.25, -0.2) is 0 Å². The Balaban J connectivity index is 2.18. The summed E-state index contributed by atoms with van der Waals surface area (Å²) in [5.41, 5.74) is 1.40. The maximum absolute atomic E-state index is 8.90. The van der Waals surface area contributed by atoms with Gasteiger partial charge in [-0.05, 0) is 23.4 Å². The van der Waals surface area contributed by atoms with Crippen LogP contribution in [0.2, 0.25) is 0 Å². The van der Waals surface area contributed by atoms with Gasteiger partial charge in [-0.3, -0.25) is 0 Å². The van der Waals surface area contributed by atoms with Crippen LogP contribution in [0.25, 0.3) is 0 Å². The van der Waals surface area contributed by atoms with Crippen LogP contribution in [0.5, 0.6) is 0 Å². The molecule has 60 valence electrons. The zero-order valence-corrected chi connectivity index (χ0v) is 7.03. The van der Waals surface area contributed by atoms with E-state index in [4.69, 9.17) is 5.11 Å². The normalized spacial score (nSPS) is 23.2. The lowest BCUT2D eigenvalue weighted by Crippen LogP contribution is -2.37. The quantitative estimate of drug-likeness (QED) is 0.650. The van der Waals surface area contributed by atoms with Gasteiger partial charge in [-0.2, -0.15) is 0 Å². The summed E-state index contributed by atoms with van der Waals surface area (Å²) in [6, 6.07) is 2.43. The van der Waals surface area contributed by atoms with Gasteiger partial charge >= 0.3 is 0 Å². The fourth-order valence-corrected chi connectivity index (χ4v) is 2.37. The molecule has 0 radical (unpaired) electrons. The molecule has 0 saturated carbocycles. The molecule has 1 aromatic heterocycles. The van der Waals surface area contributed by atoms with E-state index >= 15 is 0 Å². The Morgan fingerprint density at radius 3 is 3.45 bits per heavy atom. The first-order chi connectivity index (χ1) is 5.40. The van der Waals surface area contributed by atoms with Crippen LogP contribution in [0.1, 0.15) is 10.4 Å². The number of nitrogens with one attached hydrogen (secondary N) is 1. The fourth-order valence-electron chi connectivity index (χ4n) is 1.38. The summed E-state index contributed by atoms with van der Waals surface area (Å²) in [4.78, 5) is 1.43. The Kier molecular flexibility index (Phi) is 1.94. The molecule has 2 nitrogen and oxygen atoms in total. The molecule has 0 saturated heterocycles. The summed E-state index contributed by atoms with van der Waals surface area (Å²) < 4.78 is 0. The number of aliphatic hydroxyl groups excluding tert-OH is 1. The summed E-state index contributed by atoms with van der Waals surface area (Å²) in [5, 5.41) is 14.3. The first-order valence-corrected chi connectivity index (χ1v) is 4.67. The predicted octanol–water partition coefficient (Wildman–Crippen LogP) is 0.755. The van der Waals surface area contributed by atoms with E-state index in [0.29, 0.717) is 0 Å². The Morgan fingerprint density at radius 2 is 2.64 bits per heavy atom. The number of fused-ring (bicyclic) bond motifs is 1. The van der Waals surface area contributed by atoms with Crippen LogP contribution in [-0.4, -0.2) is 17.8 Å². The van der Waals surface area contributed by atoms with Crippen molar-refractivity contribution in [1.29, 1.82) is 0 Å². The second-order valence-corrected chi connectivity index (χ2v) is 3.83. The molecule has 2 rings (SSSR count). The third kappa shape index (κ3) is 1.31. The highest BCUT2D eigenvalue weighted by molar-refractivity contribution is 7.10. The number of thiophene rings is 1. The Bertz CT molecular complexity index is 246. The van der Waals surface area contributed by atoms with Crippen molar-refractivity contribution in [2.45, 2.75) is 19.0 Å². The van der Waals surface area contributed by atoms with Crippen molar-refractivity contribution in [3.63, 3.8) is 0 Å². The molecule has 0 aromatic carbocycles. The smallest absolute Gasteiger partial charge is 0.0588 e. The van der Waals surface area contributed by atoms with Crippen molar-refractivity contribution < 1.29 is 5.11 Å². The zero-order valence-electron chi connectivity index (χ0n) is 6.21. The van der Waals surface area contributed by atoms with Crippen LogP contribution < -0.4 is 5.32 Å². The molecule has 1 aliphatic heterocycles. The molecule has 0 amide bonds. The number of rotatable bonds is 1. The average Bonchev–Trinajstić information content (AvgIpc) is 2.50. The van der Waals surface area contributed by atoms with Crippen LogP contribution in [-0.2, 0) is 13.0 Å². The van der Waals surface area contributed by atoms with E-state index in [2.05, 4.69) is 16.8 Å². The standard InChI is InChI=1S/C8H11NOS/c10-5-7-3-8-6(4-9-7)1-2-11-8/h1-2,7,9-10H,3-5H2/t7-/m0/s1. The summed E-state index contributed by atoms with van der Waals surface area (Å²) in [5.74, 6) is 0. The van der Waals surface area contributed by atoms with Gasteiger partial charge in [0.05, 0.1) is 6.61 Å². The van der Waals surface area contributed by atoms with E-state index in [9.17, 15) is 0 Å². The average molecular weight is 169 g/mol. The largest absolute Gasteiger partial charge is 0.395 e. The first kappa shape index (κ1) is 7.28. The minimum Gasteiger partial charge on any atom is -0.395 e. The first-order valence-electron chi connectivity index (χ1n) is 3.79. The summed E-state index contributed by atoms with van der Waals surface area (Å²) in [6.07, 6.45) is 0.990. The third-order valence-corrected chi connectivity index (χ3v) is 3.06. The molecule has 1 atom stereocenters. The highest BCUT2D eigenvalue weighted by atomic mass is 32.1. The minimum atomic E-state index is 0.247. The van der Waals surface area contributed by atoms with Crippen molar-refractivity contribution in [3.05, 3.63) is 21.9 Å². The lowest BCUT2D eigenvalue weighted by molar-refractivity contribution is 0.237. The van der Waals surface area contributed by atoms with Gasteiger partial charge < -0.3 is 10.4 Å². The maximum atomic E-state index is 8.90. The lowest BCUT2D eigenvalue weighted by Gasteiger charge is -2.21. The van der Waals surface area contributed by atoms with Crippen molar-refractivity contribution in [2.24, 2.45) is 0 Å². The zero-order chi connectivity index (χ0) is 7.68. The van der Waals surface area contributed by atoms with E-state index in [1.165, 1.54) is 10.4 Å². The fraction of sp³-hybridized carbons (Fsp3) is 0.500. The highest BCUT2D eigenvalue weighted by Crippen LogP contribution is 2.21. The van der Waals surface area contributed by atoms with Gasteiger partial charge in [0.2, 0.25) is 0 Å². The number of aliphatic hydroxyl groups is 1. The third-order valence-electron chi connectivity index (χ3n) is 2.07. The Hall–Kier alpha value is -0.380. The molecule has 2 heterocycles. The highest BCUT2D eigenvalue weighted by Gasteiger charge is 2.17. The second kappa shape index (κ2) is 2.93. The van der Waals surface area contributed by atoms with E-state index in [-0.39, 0.29) is 12.6 Å². The van der Waals surface area contributed by atoms with Gasteiger partial charge in [0.25, 0.3) is 0 Å². The van der Waals surface area contributed by atoms with Crippen molar-refractivity contribution in [3.8, 4) is 0 Å². The van der Waals surface area contributed by atoms with Gasteiger partial charge in [0.1, 0.15) is 0 Å². The van der Waals surface area contributed by atoms with E-state index in [1.54, 1.807) is 11.3 Å². The van der Waals surface area contributed by atoms with Crippen molar-refractivity contribution in [2.75, 3.05) is 6.61 Å². The topological polar surface area (TPSA) is 32.3 Å². The van der Waals surface area contributed by atoms with E-state index < -0.39 is 0 Å². The van der Waals surface area contributed by atoms with Gasteiger partial charge in [0, 0.05) is 17.5 Å². The monoisotopic (exact) mass is 169 g/mol.